The first-order valence-electron chi connectivity index (χ1n) is 11.9. The Bertz CT molecular complexity index is 1180. The second-order valence-electron chi connectivity index (χ2n) is 8.41. The number of ether oxygens (including phenoxy) is 2. The molecule has 0 spiro atoms. The predicted octanol–water partition coefficient (Wildman–Crippen LogP) is 3.12. The monoisotopic (exact) mass is 489 g/mol. The molecule has 1 aromatic heterocycles. The van der Waals surface area contributed by atoms with Gasteiger partial charge in [-0.2, -0.15) is 0 Å². The molecule has 0 amide bonds. The number of carboxylic acid groups (broad SMARTS) is 1. The van der Waals surface area contributed by atoms with Crippen LogP contribution in [-0.4, -0.2) is 76.1 Å². The molecule has 1 saturated heterocycles. The zero-order chi connectivity index (χ0) is 23.9. The molecule has 35 heavy (non-hydrogen) atoms. The molecule has 2 heterocycles. The topological polar surface area (TPSA) is 93.9 Å². The molecule has 0 radical (unpaired) electrons. The van der Waals surface area contributed by atoms with Gasteiger partial charge in [0.1, 0.15) is 12.4 Å². The molecule has 0 saturated carbocycles. The number of piperidine rings is 1. The van der Waals surface area contributed by atoms with Crippen LogP contribution >= 0.6 is 0 Å². The fourth-order valence-electron chi connectivity index (χ4n) is 4.30. The minimum Gasteiger partial charge on any atom is -0.492 e. The maximum absolute atomic E-state index is 13.3. The number of para-hydroxylation sites is 1. The molecule has 8 nitrogen and oxygen atoms in total. The van der Waals surface area contributed by atoms with Crippen LogP contribution in [0.5, 0.6) is 5.75 Å². The van der Waals surface area contributed by atoms with Crippen molar-refractivity contribution in [3.63, 3.8) is 0 Å². The average Bonchev–Trinajstić information content (AvgIpc) is 2.86. The van der Waals surface area contributed by atoms with E-state index in [1.54, 1.807) is 11.5 Å². The molecule has 0 aliphatic carbocycles. The van der Waals surface area contributed by atoms with Gasteiger partial charge in [-0.05, 0) is 56.0 Å². The minimum atomic E-state index is -0.971. The van der Waals surface area contributed by atoms with Crippen molar-refractivity contribution in [3.8, 4) is 5.75 Å². The van der Waals surface area contributed by atoms with Crippen LogP contribution in [0.25, 0.3) is 10.9 Å². The maximum atomic E-state index is 13.3. The van der Waals surface area contributed by atoms with Gasteiger partial charge in [0.2, 0.25) is 5.95 Å². The van der Waals surface area contributed by atoms with Crippen molar-refractivity contribution in [1.29, 1.82) is 0 Å². The maximum Gasteiger partial charge on any atom is 2.00 e. The van der Waals surface area contributed by atoms with Gasteiger partial charge < -0.3 is 19.5 Å². The molecule has 9 heteroatoms. The summed E-state index contributed by atoms with van der Waals surface area (Å²) < 4.78 is 12.9. The molecule has 3 aromatic rings. The number of hydrogen-bond acceptors (Lipinski definition) is 6. The molecule has 1 aliphatic heterocycles. The Hall–Kier alpha value is -2.62. The third kappa shape index (κ3) is 6.74. The van der Waals surface area contributed by atoms with Gasteiger partial charge in [0.05, 0.1) is 17.4 Å². The first kappa shape index (κ1) is 27.0. The number of fused-ring (bicyclic) bond motifs is 1. The van der Waals surface area contributed by atoms with E-state index in [1.165, 1.54) is 6.42 Å². The first-order chi connectivity index (χ1) is 16.6. The molecule has 0 bridgehead atoms. The molecule has 180 valence electrons. The van der Waals surface area contributed by atoms with Crippen LogP contribution in [0.15, 0.2) is 53.3 Å². The number of rotatable bonds is 10. The van der Waals surface area contributed by atoms with Crippen molar-refractivity contribution in [2.24, 2.45) is 0 Å². The normalized spacial score (nSPS) is 14.4. The van der Waals surface area contributed by atoms with E-state index in [9.17, 15) is 14.7 Å². The van der Waals surface area contributed by atoms with Crippen LogP contribution in [0.3, 0.4) is 0 Å². The summed E-state index contributed by atoms with van der Waals surface area (Å²) in [6.07, 6.45) is 2.82. The first-order valence-corrected chi connectivity index (χ1v) is 11.9. The summed E-state index contributed by atoms with van der Waals surface area (Å²) in [6, 6.07) is 14.8. The Kier molecular flexibility index (Phi) is 9.94. The van der Waals surface area contributed by atoms with Gasteiger partial charge in [-0.3, -0.25) is 9.36 Å². The van der Waals surface area contributed by atoms with E-state index in [1.807, 2.05) is 48.5 Å². The van der Waals surface area contributed by atoms with Crippen molar-refractivity contribution in [2.75, 3.05) is 31.2 Å². The summed E-state index contributed by atoms with van der Waals surface area (Å²) in [4.78, 5) is 31.6. The standard InChI is InChI=1S/C26H31N3O5.Mg/c1-2-33-23(25(31)32)18-19-10-12-20(13-11-19)34-17-16-29-24(30)21-8-4-5-9-22(21)27-26(29)28-14-6-3-7-15-28;/h4-5,8-13,23H,2-3,6-7,14-18H2,1H3,(H,31,32);/q;+2/t23-;/m1./s1. The molecule has 1 atom stereocenters. The number of anilines is 1. The van der Waals surface area contributed by atoms with Crippen LogP contribution in [0.2, 0.25) is 0 Å². The zero-order valence-electron chi connectivity index (χ0n) is 20.2. The number of nitrogens with zero attached hydrogens (tertiary/aromatic N) is 3. The van der Waals surface area contributed by atoms with Gasteiger partial charge in [-0.15, -0.1) is 0 Å². The van der Waals surface area contributed by atoms with E-state index in [0.717, 1.165) is 31.5 Å². The third-order valence-electron chi connectivity index (χ3n) is 6.05. The van der Waals surface area contributed by atoms with Crippen LogP contribution in [-0.2, 0) is 22.5 Å². The SMILES string of the molecule is CCO[C@H](Cc1ccc(OCCn2c(N3CCCCC3)nc3ccccc3c2=O)cc1)C(=O)O.[Mg+2]. The largest absolute Gasteiger partial charge is 2.00 e. The zero-order valence-corrected chi connectivity index (χ0v) is 21.6. The fraction of sp³-hybridized carbons (Fsp3) is 0.423. The van der Waals surface area contributed by atoms with Gasteiger partial charge in [0, 0.05) is 26.1 Å². The molecule has 1 aliphatic rings. The summed E-state index contributed by atoms with van der Waals surface area (Å²) in [7, 11) is 0. The summed E-state index contributed by atoms with van der Waals surface area (Å²) in [5.74, 6) is 0.396. The van der Waals surface area contributed by atoms with Gasteiger partial charge in [0.15, 0.2) is 6.10 Å². The van der Waals surface area contributed by atoms with Crippen LogP contribution in [0.1, 0.15) is 31.7 Å². The summed E-state index contributed by atoms with van der Waals surface area (Å²) in [6.45, 7) is 4.62. The number of hydrogen-bond donors (Lipinski definition) is 1. The average molecular weight is 490 g/mol. The number of benzene rings is 2. The number of carbonyl (C=O) groups is 1. The molecular formula is C26H31MgN3O5+2. The van der Waals surface area contributed by atoms with E-state index in [0.29, 0.717) is 48.8 Å². The quantitative estimate of drug-likeness (QED) is 0.437. The van der Waals surface area contributed by atoms with Crippen molar-refractivity contribution < 1.29 is 19.4 Å². The second-order valence-corrected chi connectivity index (χ2v) is 8.41. The minimum absolute atomic E-state index is 0. The predicted molar refractivity (Wildman–Crippen MR) is 137 cm³/mol. The number of aromatic nitrogens is 2. The summed E-state index contributed by atoms with van der Waals surface area (Å²) >= 11 is 0. The van der Waals surface area contributed by atoms with E-state index < -0.39 is 12.1 Å². The fourth-order valence-corrected chi connectivity index (χ4v) is 4.30. The van der Waals surface area contributed by atoms with Crippen LogP contribution in [0.4, 0.5) is 5.95 Å². The Balaban J connectivity index is 0.00000342. The van der Waals surface area contributed by atoms with Crippen molar-refractivity contribution in [2.45, 2.75) is 45.3 Å². The Labute approximate surface area is 221 Å². The second kappa shape index (κ2) is 12.9. The molecule has 4 rings (SSSR count). The Morgan fingerprint density at radius 2 is 1.80 bits per heavy atom. The molecule has 1 fully saturated rings. The van der Waals surface area contributed by atoms with E-state index in [4.69, 9.17) is 14.5 Å². The van der Waals surface area contributed by atoms with Crippen molar-refractivity contribution in [1.82, 2.24) is 9.55 Å². The number of aliphatic carboxylic acids is 1. The summed E-state index contributed by atoms with van der Waals surface area (Å²) in [5.41, 5.74) is 1.52. The van der Waals surface area contributed by atoms with Gasteiger partial charge in [-0.1, -0.05) is 24.3 Å². The van der Waals surface area contributed by atoms with Crippen LogP contribution < -0.4 is 15.2 Å². The smallest absolute Gasteiger partial charge is 0.492 e. The molecular weight excluding hydrogens is 459 g/mol. The molecule has 1 N–H and O–H groups in total. The Morgan fingerprint density at radius 1 is 1.09 bits per heavy atom. The molecule has 2 aromatic carbocycles. The Morgan fingerprint density at radius 3 is 2.49 bits per heavy atom. The number of carboxylic acids is 1. The van der Waals surface area contributed by atoms with Gasteiger partial charge >= 0.3 is 29.0 Å². The van der Waals surface area contributed by atoms with E-state index in [-0.39, 0.29) is 28.6 Å². The van der Waals surface area contributed by atoms with Crippen molar-refractivity contribution >= 4 is 45.9 Å². The van der Waals surface area contributed by atoms with Gasteiger partial charge in [-0.25, -0.2) is 9.78 Å². The molecule has 0 unspecified atom stereocenters. The summed E-state index contributed by atoms with van der Waals surface area (Å²) in [5, 5.41) is 9.87. The van der Waals surface area contributed by atoms with Gasteiger partial charge in [0.25, 0.3) is 5.56 Å². The van der Waals surface area contributed by atoms with E-state index in [2.05, 4.69) is 4.90 Å². The van der Waals surface area contributed by atoms with E-state index >= 15 is 0 Å². The van der Waals surface area contributed by atoms with Crippen LogP contribution in [0, 0.1) is 0 Å². The third-order valence-corrected chi connectivity index (χ3v) is 6.05. The van der Waals surface area contributed by atoms with Crippen molar-refractivity contribution in [3.05, 3.63) is 64.4 Å².